The Labute approximate surface area is 169 Å². The maximum absolute atomic E-state index is 11.7. The van der Waals surface area contributed by atoms with Crippen molar-refractivity contribution < 1.29 is 14.0 Å². The van der Waals surface area contributed by atoms with Gasteiger partial charge in [0.05, 0.1) is 24.2 Å². The van der Waals surface area contributed by atoms with E-state index >= 15 is 0 Å². The molecule has 0 spiro atoms. The highest BCUT2D eigenvalue weighted by atomic mass is 16.7. The lowest BCUT2D eigenvalue weighted by Gasteiger charge is -2.08. The lowest BCUT2D eigenvalue weighted by Crippen LogP contribution is -2.13. The second-order valence-electron chi connectivity index (χ2n) is 6.47. The fourth-order valence-electron chi connectivity index (χ4n) is 3.03. The van der Waals surface area contributed by atoms with Crippen molar-refractivity contribution in [1.82, 2.24) is 30.2 Å². The molecule has 0 radical (unpaired) electrons. The second-order valence-corrected chi connectivity index (χ2v) is 6.47. The van der Waals surface area contributed by atoms with E-state index in [0.29, 0.717) is 30.2 Å². The number of fused-ring (bicyclic) bond motifs is 2. The number of para-hydroxylation sites is 2. The van der Waals surface area contributed by atoms with Crippen molar-refractivity contribution in [3.8, 4) is 5.75 Å². The van der Waals surface area contributed by atoms with Crippen LogP contribution in [-0.4, -0.2) is 36.8 Å². The van der Waals surface area contributed by atoms with Gasteiger partial charge in [-0.15, -0.1) is 10.2 Å². The lowest BCUT2D eigenvalue weighted by molar-refractivity contribution is 0.0731. The van der Waals surface area contributed by atoms with E-state index in [-0.39, 0.29) is 6.61 Å². The predicted molar refractivity (Wildman–Crippen MR) is 106 cm³/mol. The smallest absolute Gasteiger partial charge is 0.339 e. The molecule has 5 aromatic rings. The number of hydrogen-bond acceptors (Lipinski definition) is 8. The Morgan fingerprint density at radius 2 is 1.87 bits per heavy atom. The topological polar surface area (TPSA) is 110 Å². The molecule has 0 atom stereocenters. The molecule has 0 aliphatic carbocycles. The van der Waals surface area contributed by atoms with E-state index < -0.39 is 5.63 Å². The highest BCUT2D eigenvalue weighted by Crippen LogP contribution is 2.23. The molecule has 0 aliphatic rings. The lowest BCUT2D eigenvalue weighted by atomic mass is 10.2. The zero-order valence-corrected chi connectivity index (χ0v) is 15.7. The molecule has 0 aliphatic heterocycles. The average Bonchev–Trinajstić information content (AvgIpc) is 3.39. The number of nitrogens with zero attached hydrogens (tertiary/aromatic N) is 6. The Hall–Kier alpha value is -4.21. The summed E-state index contributed by atoms with van der Waals surface area (Å²) < 4.78 is 12.6. The molecule has 3 aromatic heterocycles. The molecule has 150 valence electrons. The van der Waals surface area contributed by atoms with E-state index in [1.165, 1.54) is 10.9 Å². The van der Waals surface area contributed by atoms with Crippen LogP contribution in [0.4, 0.5) is 0 Å². The molecule has 5 rings (SSSR count). The molecule has 2 aromatic carbocycles. The van der Waals surface area contributed by atoms with Crippen LogP contribution in [-0.2, 0) is 13.2 Å². The summed E-state index contributed by atoms with van der Waals surface area (Å²) in [7, 11) is 0. The van der Waals surface area contributed by atoms with Crippen molar-refractivity contribution in [2.24, 2.45) is 0 Å². The van der Waals surface area contributed by atoms with Gasteiger partial charge in [0.25, 0.3) is 0 Å². The predicted octanol–water partition coefficient (Wildman–Crippen LogP) is 1.84. The summed E-state index contributed by atoms with van der Waals surface area (Å²) in [5.41, 5.74) is 2.20. The molecule has 0 bridgehead atoms. The molecule has 0 unspecified atom stereocenters. The molecule has 3 heterocycles. The van der Waals surface area contributed by atoms with Crippen LogP contribution < -0.4 is 15.2 Å². The SMILES string of the molecule is O=c1cc(OCCn2cc(COn3nnc4ccccc43)nn2)c2ccccc2o1. The molecular formula is C20H16N6O4. The van der Waals surface area contributed by atoms with Crippen molar-refractivity contribution in [3.63, 3.8) is 0 Å². The van der Waals surface area contributed by atoms with Gasteiger partial charge in [-0.1, -0.05) is 34.3 Å². The van der Waals surface area contributed by atoms with E-state index in [1.54, 1.807) is 23.0 Å². The standard InChI is InChI=1S/C20H16N6O4/c27-20-11-19(15-5-1-4-8-18(15)30-20)28-10-9-25-12-14(21-23-25)13-29-26-17-7-3-2-6-16(17)22-24-26/h1-8,11-12H,9-10,13H2. The maximum Gasteiger partial charge on any atom is 0.339 e. The fourth-order valence-corrected chi connectivity index (χ4v) is 3.03. The highest BCUT2D eigenvalue weighted by Gasteiger charge is 2.08. The van der Waals surface area contributed by atoms with Crippen molar-refractivity contribution in [2.75, 3.05) is 6.61 Å². The van der Waals surface area contributed by atoms with Gasteiger partial charge in [0, 0.05) is 0 Å². The molecule has 0 N–H and O–H groups in total. The second kappa shape index (κ2) is 7.66. The fraction of sp³-hybridized carbons (Fsp3) is 0.150. The molecule has 10 nitrogen and oxygen atoms in total. The van der Waals surface area contributed by atoms with Crippen molar-refractivity contribution in [1.29, 1.82) is 0 Å². The van der Waals surface area contributed by atoms with Gasteiger partial charge in [0.1, 0.15) is 34.7 Å². The largest absolute Gasteiger partial charge is 0.491 e. The van der Waals surface area contributed by atoms with Crippen LogP contribution in [0.25, 0.3) is 22.0 Å². The summed E-state index contributed by atoms with van der Waals surface area (Å²) in [5.74, 6) is 0.476. The van der Waals surface area contributed by atoms with Crippen LogP contribution >= 0.6 is 0 Å². The van der Waals surface area contributed by atoms with Gasteiger partial charge in [-0.2, -0.15) is 0 Å². The molecule has 0 saturated carbocycles. The minimum absolute atomic E-state index is 0.193. The first-order valence-electron chi connectivity index (χ1n) is 9.25. The van der Waals surface area contributed by atoms with Gasteiger partial charge in [0.15, 0.2) is 6.61 Å². The Morgan fingerprint density at radius 3 is 2.83 bits per heavy atom. The van der Waals surface area contributed by atoms with Crippen LogP contribution in [0.5, 0.6) is 5.75 Å². The molecular weight excluding hydrogens is 388 g/mol. The van der Waals surface area contributed by atoms with Gasteiger partial charge in [-0.05, 0) is 29.5 Å². The van der Waals surface area contributed by atoms with Crippen LogP contribution in [0.1, 0.15) is 5.69 Å². The molecule has 10 heteroatoms. The summed E-state index contributed by atoms with van der Waals surface area (Å²) in [4.78, 5) is 18.7. The number of rotatable bonds is 7. The van der Waals surface area contributed by atoms with E-state index in [9.17, 15) is 4.79 Å². The van der Waals surface area contributed by atoms with Crippen molar-refractivity contribution in [3.05, 3.63) is 76.9 Å². The first kappa shape index (κ1) is 17.9. The third-order valence-electron chi connectivity index (χ3n) is 4.43. The van der Waals surface area contributed by atoms with Gasteiger partial charge in [-0.3, -0.25) is 0 Å². The third kappa shape index (κ3) is 3.58. The van der Waals surface area contributed by atoms with E-state index in [2.05, 4.69) is 20.6 Å². The highest BCUT2D eigenvalue weighted by molar-refractivity contribution is 5.82. The summed E-state index contributed by atoms with van der Waals surface area (Å²) >= 11 is 0. The van der Waals surface area contributed by atoms with Crippen LogP contribution in [0.3, 0.4) is 0 Å². The maximum atomic E-state index is 11.7. The number of ether oxygens (including phenoxy) is 1. The first-order valence-corrected chi connectivity index (χ1v) is 9.25. The monoisotopic (exact) mass is 404 g/mol. The Kier molecular flexibility index (Phi) is 4.56. The van der Waals surface area contributed by atoms with E-state index in [1.807, 2.05) is 36.4 Å². The Balaban J connectivity index is 1.20. The van der Waals surface area contributed by atoms with Crippen molar-refractivity contribution >= 4 is 22.0 Å². The molecule has 0 saturated heterocycles. The van der Waals surface area contributed by atoms with E-state index in [0.717, 1.165) is 16.4 Å². The van der Waals surface area contributed by atoms with Crippen LogP contribution in [0.2, 0.25) is 0 Å². The zero-order valence-electron chi connectivity index (χ0n) is 15.7. The molecule has 0 amide bonds. The summed E-state index contributed by atoms with van der Waals surface area (Å²) in [6.07, 6.45) is 1.76. The summed E-state index contributed by atoms with van der Waals surface area (Å²) in [5, 5.41) is 16.9. The number of benzene rings is 2. The first-order chi connectivity index (χ1) is 14.8. The van der Waals surface area contributed by atoms with Gasteiger partial charge >= 0.3 is 5.63 Å². The van der Waals surface area contributed by atoms with Gasteiger partial charge in [-0.25, -0.2) is 9.48 Å². The minimum Gasteiger partial charge on any atom is -0.491 e. The number of aromatic nitrogens is 6. The minimum atomic E-state index is -0.454. The number of hydrogen-bond donors (Lipinski definition) is 0. The van der Waals surface area contributed by atoms with Crippen LogP contribution in [0.15, 0.2) is 70.0 Å². The zero-order chi connectivity index (χ0) is 20.3. The third-order valence-corrected chi connectivity index (χ3v) is 4.43. The summed E-state index contributed by atoms with van der Waals surface area (Å²) in [6.45, 7) is 0.956. The Morgan fingerprint density at radius 1 is 1.00 bits per heavy atom. The Bertz CT molecular complexity index is 1370. The average molecular weight is 404 g/mol. The molecule has 0 fully saturated rings. The van der Waals surface area contributed by atoms with Crippen molar-refractivity contribution in [2.45, 2.75) is 13.2 Å². The molecule has 30 heavy (non-hydrogen) atoms. The summed E-state index contributed by atoms with van der Waals surface area (Å²) in [6, 6.07) is 16.1. The quantitative estimate of drug-likeness (QED) is 0.378. The van der Waals surface area contributed by atoms with Gasteiger partial charge in [0.2, 0.25) is 0 Å². The normalized spacial score (nSPS) is 11.2. The van der Waals surface area contributed by atoms with Crippen LogP contribution in [0, 0.1) is 0 Å². The van der Waals surface area contributed by atoms with Gasteiger partial charge < -0.3 is 14.0 Å². The van der Waals surface area contributed by atoms with E-state index in [4.69, 9.17) is 14.0 Å².